The number of hydrogen-bond donors (Lipinski definition) is 2. The predicted octanol–water partition coefficient (Wildman–Crippen LogP) is 3.13. The number of hydrogen-bond acceptors (Lipinski definition) is 5. The summed E-state index contributed by atoms with van der Waals surface area (Å²) in [5.41, 5.74) is 0.152. The number of anilines is 1. The molecule has 110 valence electrons. The minimum atomic E-state index is -1.02. The summed E-state index contributed by atoms with van der Waals surface area (Å²) < 4.78 is 0. The standard InChI is InChI=1S/C14H14N2O3S2/c1-2-9-7-11(14(18)19)13(21-9)16-12(17)8-20-10-3-5-15-6-4-10/h3-7H,2,8H2,1H3,(H,16,17)(H,18,19). The highest BCUT2D eigenvalue weighted by atomic mass is 32.2. The number of nitrogens with one attached hydrogen (secondary N) is 1. The quantitative estimate of drug-likeness (QED) is 0.799. The lowest BCUT2D eigenvalue weighted by atomic mass is 10.2. The second kappa shape index (κ2) is 7.24. The van der Waals surface area contributed by atoms with Gasteiger partial charge in [0.15, 0.2) is 0 Å². The normalized spacial score (nSPS) is 10.3. The number of carboxylic acids is 1. The second-order valence-electron chi connectivity index (χ2n) is 4.13. The number of thioether (sulfide) groups is 1. The summed E-state index contributed by atoms with van der Waals surface area (Å²) in [7, 11) is 0. The topological polar surface area (TPSA) is 79.3 Å². The van der Waals surface area contributed by atoms with Crippen molar-refractivity contribution in [2.45, 2.75) is 18.2 Å². The lowest BCUT2D eigenvalue weighted by Crippen LogP contribution is -2.15. The van der Waals surface area contributed by atoms with Crippen LogP contribution in [0.3, 0.4) is 0 Å². The van der Waals surface area contributed by atoms with Gasteiger partial charge in [0.2, 0.25) is 5.91 Å². The largest absolute Gasteiger partial charge is 0.478 e. The Kier molecular flexibility index (Phi) is 5.35. The van der Waals surface area contributed by atoms with Crippen molar-refractivity contribution in [3.05, 3.63) is 41.0 Å². The number of carbonyl (C=O) groups excluding carboxylic acids is 1. The van der Waals surface area contributed by atoms with E-state index in [1.807, 2.05) is 19.1 Å². The summed E-state index contributed by atoms with van der Waals surface area (Å²) in [5.74, 6) is -1.02. The summed E-state index contributed by atoms with van der Waals surface area (Å²) in [6.07, 6.45) is 4.07. The van der Waals surface area contributed by atoms with E-state index < -0.39 is 5.97 Å². The molecule has 2 heterocycles. The Morgan fingerprint density at radius 1 is 1.38 bits per heavy atom. The zero-order valence-corrected chi connectivity index (χ0v) is 13.0. The van der Waals surface area contributed by atoms with Gasteiger partial charge in [-0.1, -0.05) is 6.92 Å². The number of thiophene rings is 1. The van der Waals surface area contributed by atoms with Gasteiger partial charge < -0.3 is 10.4 Å². The molecule has 7 heteroatoms. The first-order chi connectivity index (χ1) is 10.1. The van der Waals surface area contributed by atoms with E-state index in [0.717, 1.165) is 16.2 Å². The third kappa shape index (κ3) is 4.30. The molecule has 2 aromatic rings. The van der Waals surface area contributed by atoms with Crippen LogP contribution >= 0.6 is 23.1 Å². The van der Waals surface area contributed by atoms with Crippen molar-refractivity contribution in [1.29, 1.82) is 0 Å². The summed E-state index contributed by atoms with van der Waals surface area (Å²) in [4.78, 5) is 28.9. The van der Waals surface area contributed by atoms with Crippen LogP contribution in [0.4, 0.5) is 5.00 Å². The van der Waals surface area contributed by atoms with Gasteiger partial charge in [-0.3, -0.25) is 9.78 Å². The molecular weight excluding hydrogens is 308 g/mol. The van der Waals surface area contributed by atoms with E-state index >= 15 is 0 Å². The van der Waals surface area contributed by atoms with Crippen molar-refractivity contribution in [2.75, 3.05) is 11.1 Å². The number of pyridine rings is 1. The third-order valence-corrected chi connectivity index (χ3v) is 4.84. The SMILES string of the molecule is CCc1cc(C(=O)O)c(NC(=O)CSc2ccncc2)s1. The summed E-state index contributed by atoms with van der Waals surface area (Å²) in [6.45, 7) is 1.95. The van der Waals surface area contributed by atoms with Crippen molar-refractivity contribution >= 4 is 40.0 Å². The fourth-order valence-corrected chi connectivity index (χ4v) is 3.30. The van der Waals surface area contributed by atoms with Gasteiger partial charge >= 0.3 is 5.97 Å². The summed E-state index contributed by atoms with van der Waals surface area (Å²) in [5, 5.41) is 12.2. The Labute approximate surface area is 130 Å². The zero-order chi connectivity index (χ0) is 15.2. The Hall–Kier alpha value is -1.86. The van der Waals surface area contributed by atoms with Gasteiger partial charge in [-0.15, -0.1) is 23.1 Å². The molecule has 5 nitrogen and oxygen atoms in total. The van der Waals surface area contributed by atoms with E-state index in [9.17, 15) is 9.59 Å². The molecule has 0 saturated carbocycles. The maximum atomic E-state index is 11.9. The van der Waals surface area contributed by atoms with E-state index in [1.165, 1.54) is 23.1 Å². The summed E-state index contributed by atoms with van der Waals surface area (Å²) in [6, 6.07) is 5.25. The first kappa shape index (κ1) is 15.5. The number of carbonyl (C=O) groups is 2. The minimum absolute atomic E-state index is 0.152. The highest BCUT2D eigenvalue weighted by Gasteiger charge is 2.16. The maximum Gasteiger partial charge on any atom is 0.338 e. The smallest absolute Gasteiger partial charge is 0.338 e. The second-order valence-corrected chi connectivity index (χ2v) is 6.32. The van der Waals surface area contributed by atoms with Crippen LogP contribution < -0.4 is 5.32 Å². The van der Waals surface area contributed by atoms with Crippen LogP contribution in [-0.2, 0) is 11.2 Å². The van der Waals surface area contributed by atoms with Crippen molar-refractivity contribution in [3.8, 4) is 0 Å². The Bertz CT molecular complexity index is 641. The van der Waals surface area contributed by atoms with E-state index in [-0.39, 0.29) is 17.2 Å². The van der Waals surface area contributed by atoms with Crippen LogP contribution in [0, 0.1) is 0 Å². The highest BCUT2D eigenvalue weighted by molar-refractivity contribution is 8.00. The van der Waals surface area contributed by atoms with Gasteiger partial charge in [0, 0.05) is 22.2 Å². The molecule has 0 spiro atoms. The average Bonchev–Trinajstić information content (AvgIpc) is 2.89. The van der Waals surface area contributed by atoms with Crippen LogP contribution in [0.2, 0.25) is 0 Å². The number of carboxylic acid groups (broad SMARTS) is 1. The minimum Gasteiger partial charge on any atom is -0.478 e. The van der Waals surface area contributed by atoms with E-state index in [4.69, 9.17) is 5.11 Å². The van der Waals surface area contributed by atoms with E-state index in [0.29, 0.717) is 5.00 Å². The predicted molar refractivity (Wildman–Crippen MR) is 84.2 cm³/mol. The molecule has 0 saturated heterocycles. The van der Waals surface area contributed by atoms with Crippen LogP contribution in [-0.4, -0.2) is 27.7 Å². The van der Waals surface area contributed by atoms with Crippen molar-refractivity contribution in [3.63, 3.8) is 0 Å². The maximum absolute atomic E-state index is 11.9. The first-order valence-electron chi connectivity index (χ1n) is 6.28. The molecule has 0 bridgehead atoms. The Morgan fingerprint density at radius 3 is 2.71 bits per heavy atom. The number of aryl methyl sites for hydroxylation is 1. The molecule has 0 aliphatic rings. The third-order valence-electron chi connectivity index (χ3n) is 2.63. The first-order valence-corrected chi connectivity index (χ1v) is 8.09. The van der Waals surface area contributed by atoms with Crippen molar-refractivity contribution in [1.82, 2.24) is 4.98 Å². The van der Waals surface area contributed by atoms with Gasteiger partial charge in [-0.2, -0.15) is 0 Å². The number of aromatic nitrogens is 1. The average molecular weight is 322 g/mol. The zero-order valence-electron chi connectivity index (χ0n) is 11.3. The number of nitrogens with zero attached hydrogens (tertiary/aromatic N) is 1. The van der Waals surface area contributed by atoms with Crippen molar-refractivity contribution in [2.24, 2.45) is 0 Å². The molecule has 0 radical (unpaired) electrons. The molecule has 0 fully saturated rings. The van der Waals surface area contributed by atoms with Crippen LogP contribution in [0.5, 0.6) is 0 Å². The number of aromatic carboxylic acids is 1. The van der Waals surface area contributed by atoms with Gasteiger partial charge in [-0.25, -0.2) is 4.79 Å². The fraction of sp³-hybridized carbons (Fsp3) is 0.214. The van der Waals surface area contributed by atoms with Gasteiger partial charge in [-0.05, 0) is 24.6 Å². The van der Waals surface area contributed by atoms with Crippen LogP contribution in [0.25, 0.3) is 0 Å². The van der Waals surface area contributed by atoms with E-state index in [2.05, 4.69) is 10.3 Å². The molecule has 2 rings (SSSR count). The Balaban J connectivity index is 1.99. The lowest BCUT2D eigenvalue weighted by Gasteiger charge is -2.04. The molecule has 0 aromatic carbocycles. The van der Waals surface area contributed by atoms with Crippen LogP contribution in [0.15, 0.2) is 35.5 Å². The molecule has 21 heavy (non-hydrogen) atoms. The molecule has 0 unspecified atom stereocenters. The fourth-order valence-electron chi connectivity index (χ4n) is 1.61. The van der Waals surface area contributed by atoms with E-state index in [1.54, 1.807) is 18.5 Å². The highest BCUT2D eigenvalue weighted by Crippen LogP contribution is 2.29. The van der Waals surface area contributed by atoms with Crippen molar-refractivity contribution < 1.29 is 14.7 Å². The molecular formula is C14H14N2O3S2. The molecule has 1 amide bonds. The van der Waals surface area contributed by atoms with Gasteiger partial charge in [0.1, 0.15) is 5.00 Å². The Morgan fingerprint density at radius 2 is 2.10 bits per heavy atom. The molecule has 0 atom stereocenters. The lowest BCUT2D eigenvalue weighted by molar-refractivity contribution is -0.113. The molecule has 2 aromatic heterocycles. The van der Waals surface area contributed by atoms with Gasteiger partial charge in [0.05, 0.1) is 11.3 Å². The monoisotopic (exact) mass is 322 g/mol. The summed E-state index contributed by atoms with van der Waals surface area (Å²) >= 11 is 2.69. The molecule has 0 aliphatic carbocycles. The number of rotatable bonds is 6. The van der Waals surface area contributed by atoms with Crippen LogP contribution in [0.1, 0.15) is 22.2 Å². The number of amides is 1. The molecule has 0 aliphatic heterocycles. The molecule has 2 N–H and O–H groups in total. The van der Waals surface area contributed by atoms with Gasteiger partial charge in [0.25, 0.3) is 0 Å².